The molecule has 0 N–H and O–H groups in total. The second kappa shape index (κ2) is 7.08. The van der Waals surface area contributed by atoms with Crippen molar-refractivity contribution in [1.82, 2.24) is 28.6 Å². The Labute approximate surface area is 172 Å². The van der Waals surface area contributed by atoms with Crippen molar-refractivity contribution < 1.29 is 4.79 Å². The van der Waals surface area contributed by atoms with Crippen LogP contribution < -0.4 is 11.2 Å². The molecular weight excluding hydrogens is 384 g/mol. The Balaban J connectivity index is 1.41. The Kier molecular flexibility index (Phi) is 4.38. The number of rotatable bonds is 3. The van der Waals surface area contributed by atoms with Crippen molar-refractivity contribution in [3.8, 4) is 11.4 Å². The highest BCUT2D eigenvalue weighted by Gasteiger charge is 2.36. The van der Waals surface area contributed by atoms with Crippen molar-refractivity contribution in [2.45, 2.75) is 25.4 Å². The zero-order chi connectivity index (χ0) is 20.8. The monoisotopic (exact) mass is 406 g/mol. The molecule has 5 rings (SSSR count). The third-order valence-corrected chi connectivity index (χ3v) is 6.11. The first kappa shape index (κ1) is 18.5. The van der Waals surface area contributed by atoms with E-state index in [1.807, 2.05) is 39.4 Å². The number of fused-ring (bicyclic) bond motifs is 4. The lowest BCUT2D eigenvalue weighted by Crippen LogP contribution is -2.50. The van der Waals surface area contributed by atoms with Gasteiger partial charge in [-0.3, -0.25) is 14.2 Å². The first-order valence-corrected chi connectivity index (χ1v) is 10.0. The molecule has 1 saturated heterocycles. The second-order valence-electron chi connectivity index (χ2n) is 8.08. The second-order valence-corrected chi connectivity index (χ2v) is 8.08. The predicted molar refractivity (Wildman–Crippen MR) is 109 cm³/mol. The minimum Gasteiger partial charge on any atom is -0.340 e. The average molecular weight is 406 g/mol. The van der Waals surface area contributed by atoms with Gasteiger partial charge in [0.15, 0.2) is 0 Å². The Morgan fingerprint density at radius 2 is 1.97 bits per heavy atom. The Hall–Kier alpha value is -3.49. The fourth-order valence-electron chi connectivity index (χ4n) is 4.70. The van der Waals surface area contributed by atoms with Gasteiger partial charge >= 0.3 is 5.69 Å². The first-order chi connectivity index (χ1) is 14.5. The number of aryl methyl sites for hydroxylation is 1. The number of hydrogen-bond acceptors (Lipinski definition) is 5. The lowest BCUT2D eigenvalue weighted by atomic mass is 9.83. The maximum atomic E-state index is 13.2. The highest BCUT2D eigenvalue weighted by atomic mass is 16.2. The van der Waals surface area contributed by atoms with E-state index in [2.05, 4.69) is 9.97 Å². The van der Waals surface area contributed by atoms with Crippen LogP contribution in [0.2, 0.25) is 0 Å². The summed E-state index contributed by atoms with van der Waals surface area (Å²) in [5.74, 6) is 0.875. The molecule has 3 aromatic rings. The van der Waals surface area contributed by atoms with Gasteiger partial charge in [-0.05, 0) is 30.5 Å². The molecule has 0 unspecified atom stereocenters. The highest BCUT2D eigenvalue weighted by molar-refractivity contribution is 5.76. The molecule has 2 atom stereocenters. The van der Waals surface area contributed by atoms with Gasteiger partial charge in [-0.1, -0.05) is 0 Å². The van der Waals surface area contributed by atoms with E-state index in [0.717, 1.165) is 12.1 Å². The maximum Gasteiger partial charge on any atom is 0.347 e. The third-order valence-electron chi connectivity index (χ3n) is 6.11. The number of hydrogen-bond donors (Lipinski definition) is 0. The van der Waals surface area contributed by atoms with Gasteiger partial charge in [0.05, 0.1) is 5.56 Å². The molecule has 0 aliphatic carbocycles. The van der Waals surface area contributed by atoms with E-state index in [9.17, 15) is 14.4 Å². The Morgan fingerprint density at radius 3 is 2.73 bits per heavy atom. The Bertz CT molecular complexity index is 1240. The molecule has 0 saturated carbocycles. The molecule has 2 bridgehead atoms. The number of carbonyl (C=O) groups is 1. The van der Waals surface area contributed by atoms with Crippen molar-refractivity contribution in [2.24, 2.45) is 13.0 Å². The summed E-state index contributed by atoms with van der Waals surface area (Å²) >= 11 is 0. The Morgan fingerprint density at radius 1 is 1.10 bits per heavy atom. The lowest BCUT2D eigenvalue weighted by molar-refractivity contribution is -0.134. The SMILES string of the molecule is Cn1ccnc1-c1ccc2n(c1=O)C[C@H]1C[C@@H]2CN(C(=O)Cn2cccnc2=O)C1. The fraction of sp³-hybridized carbons (Fsp3) is 0.381. The van der Waals surface area contributed by atoms with Crippen LogP contribution >= 0.6 is 0 Å². The minimum absolute atomic E-state index is 0.0168. The summed E-state index contributed by atoms with van der Waals surface area (Å²) in [4.78, 5) is 47.7. The van der Waals surface area contributed by atoms with Crippen molar-refractivity contribution in [1.29, 1.82) is 0 Å². The summed E-state index contributed by atoms with van der Waals surface area (Å²) in [6.45, 7) is 1.70. The van der Waals surface area contributed by atoms with Crippen LogP contribution in [0.4, 0.5) is 0 Å². The third kappa shape index (κ3) is 3.06. The van der Waals surface area contributed by atoms with Gasteiger partial charge in [0.1, 0.15) is 12.4 Å². The zero-order valence-electron chi connectivity index (χ0n) is 16.6. The first-order valence-electron chi connectivity index (χ1n) is 10.0. The molecule has 154 valence electrons. The van der Waals surface area contributed by atoms with Crippen LogP contribution in [0.15, 0.2) is 52.6 Å². The smallest absolute Gasteiger partial charge is 0.340 e. The van der Waals surface area contributed by atoms with Crippen molar-refractivity contribution in [3.63, 3.8) is 0 Å². The summed E-state index contributed by atoms with van der Waals surface area (Å²) in [7, 11) is 1.87. The molecule has 2 aliphatic heterocycles. The number of pyridine rings is 1. The van der Waals surface area contributed by atoms with Crippen LogP contribution in [-0.4, -0.2) is 47.6 Å². The van der Waals surface area contributed by atoms with Crippen LogP contribution in [-0.2, 0) is 24.9 Å². The van der Waals surface area contributed by atoms with E-state index < -0.39 is 5.69 Å². The molecule has 2 aliphatic rings. The molecule has 0 aromatic carbocycles. The summed E-state index contributed by atoms with van der Waals surface area (Å²) in [5.41, 5.74) is 1.10. The summed E-state index contributed by atoms with van der Waals surface area (Å²) in [6.07, 6.45) is 7.46. The molecule has 5 heterocycles. The molecule has 0 radical (unpaired) electrons. The number of piperidine rings is 1. The average Bonchev–Trinajstić information content (AvgIpc) is 3.16. The van der Waals surface area contributed by atoms with Gasteiger partial charge in [-0.25, -0.2) is 14.8 Å². The van der Waals surface area contributed by atoms with Crippen LogP contribution in [0.1, 0.15) is 18.0 Å². The van der Waals surface area contributed by atoms with Crippen molar-refractivity contribution in [2.75, 3.05) is 13.1 Å². The normalized spacial score (nSPS) is 20.1. The van der Waals surface area contributed by atoms with Gasteiger partial charge < -0.3 is 14.0 Å². The van der Waals surface area contributed by atoms with Crippen LogP contribution in [0.5, 0.6) is 0 Å². The van der Waals surface area contributed by atoms with E-state index >= 15 is 0 Å². The van der Waals surface area contributed by atoms with Crippen molar-refractivity contribution >= 4 is 5.91 Å². The molecule has 1 fully saturated rings. The standard InChI is InChI=1S/C21H22N6O3/c1-24-8-6-22-19(24)16-3-4-17-15-9-14(11-27(17)20(16)29)10-26(12-15)18(28)13-25-7-2-5-23-21(25)30/h2-8,14-15H,9-13H2,1H3/t14-,15+/m0/s1. The molecule has 1 amide bonds. The minimum atomic E-state index is -0.429. The zero-order valence-corrected chi connectivity index (χ0v) is 16.6. The number of nitrogens with zero attached hydrogens (tertiary/aromatic N) is 6. The number of likely N-dealkylation sites (tertiary alicyclic amines) is 1. The maximum absolute atomic E-state index is 13.2. The number of carbonyl (C=O) groups excluding carboxylic acids is 1. The van der Waals surface area contributed by atoms with Gasteiger partial charge in [0.25, 0.3) is 5.56 Å². The highest BCUT2D eigenvalue weighted by Crippen LogP contribution is 2.35. The number of imidazole rings is 1. The van der Waals surface area contributed by atoms with Gasteiger partial charge in [0, 0.05) is 63.1 Å². The van der Waals surface area contributed by atoms with E-state index in [-0.39, 0.29) is 29.8 Å². The summed E-state index contributed by atoms with van der Waals surface area (Å²) < 4.78 is 5.02. The van der Waals surface area contributed by atoms with E-state index in [4.69, 9.17) is 0 Å². The lowest BCUT2D eigenvalue weighted by Gasteiger charge is -2.43. The number of aromatic nitrogens is 5. The van der Waals surface area contributed by atoms with Crippen LogP contribution in [0, 0.1) is 5.92 Å². The van der Waals surface area contributed by atoms with Crippen LogP contribution in [0.25, 0.3) is 11.4 Å². The largest absolute Gasteiger partial charge is 0.347 e. The molecule has 30 heavy (non-hydrogen) atoms. The molecule has 0 spiro atoms. The van der Waals surface area contributed by atoms with Gasteiger partial charge in [0.2, 0.25) is 5.91 Å². The summed E-state index contributed by atoms with van der Waals surface area (Å²) in [6, 6.07) is 5.47. The predicted octanol–water partition coefficient (Wildman–Crippen LogP) is 0.451. The van der Waals surface area contributed by atoms with Gasteiger partial charge in [-0.2, -0.15) is 0 Å². The topological polar surface area (TPSA) is 95.0 Å². The van der Waals surface area contributed by atoms with Gasteiger partial charge in [-0.15, -0.1) is 0 Å². The number of amides is 1. The van der Waals surface area contributed by atoms with Crippen molar-refractivity contribution in [3.05, 3.63) is 69.5 Å². The van der Waals surface area contributed by atoms with E-state index in [0.29, 0.717) is 31.0 Å². The molecular formula is C21H22N6O3. The molecule has 3 aromatic heterocycles. The molecule has 9 heteroatoms. The van der Waals surface area contributed by atoms with E-state index in [1.54, 1.807) is 18.5 Å². The quantitative estimate of drug-likeness (QED) is 0.630. The van der Waals surface area contributed by atoms with Crippen LogP contribution in [0.3, 0.4) is 0 Å². The summed E-state index contributed by atoms with van der Waals surface area (Å²) in [5, 5.41) is 0. The van der Waals surface area contributed by atoms with E-state index in [1.165, 1.54) is 10.8 Å². The molecule has 9 nitrogen and oxygen atoms in total. The fourth-order valence-corrected chi connectivity index (χ4v) is 4.70.